The molecule has 0 aliphatic rings. The van der Waals surface area contributed by atoms with Crippen molar-refractivity contribution >= 4 is 27.5 Å². The molecule has 13 heavy (non-hydrogen) atoms. The molecule has 1 aromatic rings. The summed E-state index contributed by atoms with van der Waals surface area (Å²) in [6, 6.07) is 3.02. The molecule has 1 N–H and O–H groups in total. The van der Waals surface area contributed by atoms with Crippen LogP contribution in [0.1, 0.15) is 18.4 Å². The molecule has 0 aromatic heterocycles. The zero-order valence-corrected chi connectivity index (χ0v) is 9.36. The summed E-state index contributed by atoms with van der Waals surface area (Å²) in [6.45, 7) is 1.79. The molecule has 0 amide bonds. The van der Waals surface area contributed by atoms with Crippen molar-refractivity contribution in [1.82, 2.24) is 0 Å². The maximum Gasteiger partial charge on any atom is 0.139 e. The first kappa shape index (κ1) is 11.0. The van der Waals surface area contributed by atoms with Gasteiger partial charge in [0, 0.05) is 12.5 Å². The molecule has 0 spiro atoms. The molecule has 1 nitrogen and oxygen atoms in total. The van der Waals surface area contributed by atoms with Gasteiger partial charge in [-0.15, -0.1) is 0 Å². The monoisotopic (exact) mass is 266 g/mol. The van der Waals surface area contributed by atoms with Crippen molar-refractivity contribution in [3.05, 3.63) is 33.0 Å². The maximum atomic E-state index is 13.1. The van der Waals surface area contributed by atoms with E-state index < -0.39 is 5.82 Å². The van der Waals surface area contributed by atoms with Gasteiger partial charge in [0.25, 0.3) is 0 Å². The highest BCUT2D eigenvalue weighted by atomic mass is 79.9. The largest absolute Gasteiger partial charge is 0.396 e. The summed E-state index contributed by atoms with van der Waals surface area (Å²) in [5, 5.41) is 9.19. The molecule has 0 saturated carbocycles. The Labute approximate surface area is 89.7 Å². The molecule has 0 saturated heterocycles. The van der Waals surface area contributed by atoms with E-state index >= 15 is 0 Å². The second-order valence-electron chi connectivity index (χ2n) is 2.88. The maximum absolute atomic E-state index is 13.1. The molecule has 1 rings (SSSR count). The topological polar surface area (TPSA) is 20.2 Å². The summed E-state index contributed by atoms with van der Waals surface area (Å²) in [4.78, 5) is 0. The molecule has 72 valence electrons. The number of aliphatic hydroxyl groups is 1. The van der Waals surface area contributed by atoms with Gasteiger partial charge in [0.2, 0.25) is 0 Å². The number of rotatable bonds is 2. The SMILES string of the molecule is CC(CO)c1cc(F)c(Br)c(Cl)c1. The lowest BCUT2D eigenvalue weighted by Gasteiger charge is -2.09. The lowest BCUT2D eigenvalue weighted by molar-refractivity contribution is 0.273. The normalized spacial score (nSPS) is 13.0. The van der Waals surface area contributed by atoms with Gasteiger partial charge in [-0.05, 0) is 33.6 Å². The molecular formula is C9H9BrClFO. The average Bonchev–Trinajstić information content (AvgIpc) is 2.12. The molecule has 1 unspecified atom stereocenters. The molecule has 4 heteroatoms. The van der Waals surface area contributed by atoms with Crippen LogP contribution in [0.5, 0.6) is 0 Å². The number of hydrogen-bond donors (Lipinski definition) is 1. The van der Waals surface area contributed by atoms with Gasteiger partial charge in [-0.1, -0.05) is 18.5 Å². The van der Waals surface area contributed by atoms with Crippen LogP contribution in [-0.4, -0.2) is 11.7 Å². The van der Waals surface area contributed by atoms with Gasteiger partial charge in [-0.3, -0.25) is 0 Å². The van der Waals surface area contributed by atoms with Crippen LogP contribution in [0.4, 0.5) is 4.39 Å². The Hall–Kier alpha value is -0.120. The fraction of sp³-hybridized carbons (Fsp3) is 0.333. The Kier molecular flexibility index (Phi) is 3.71. The first-order chi connectivity index (χ1) is 6.06. The Bertz CT molecular complexity index is 293. The van der Waals surface area contributed by atoms with E-state index in [1.165, 1.54) is 6.07 Å². The number of benzene rings is 1. The number of halogens is 3. The van der Waals surface area contributed by atoms with Crippen molar-refractivity contribution in [3.63, 3.8) is 0 Å². The molecule has 0 aliphatic carbocycles. The minimum absolute atomic E-state index is 0.0165. The minimum Gasteiger partial charge on any atom is -0.396 e. The summed E-state index contributed by atoms with van der Waals surface area (Å²) in [5.41, 5.74) is 0.702. The predicted octanol–water partition coefficient (Wildman–Crippen LogP) is 3.34. The van der Waals surface area contributed by atoms with Crippen LogP contribution in [0.2, 0.25) is 5.02 Å². The lowest BCUT2D eigenvalue weighted by atomic mass is 10.0. The quantitative estimate of drug-likeness (QED) is 0.815. The zero-order valence-electron chi connectivity index (χ0n) is 7.02. The van der Waals surface area contributed by atoms with Gasteiger partial charge in [0.1, 0.15) is 5.82 Å². The van der Waals surface area contributed by atoms with Crippen LogP contribution in [0, 0.1) is 5.82 Å². The van der Waals surface area contributed by atoms with E-state index in [9.17, 15) is 4.39 Å². The Balaban J connectivity index is 3.13. The Morgan fingerprint density at radius 2 is 2.23 bits per heavy atom. The minimum atomic E-state index is -0.400. The third-order valence-corrected chi connectivity index (χ3v) is 3.18. The van der Waals surface area contributed by atoms with Crippen LogP contribution in [0.25, 0.3) is 0 Å². The van der Waals surface area contributed by atoms with Crippen molar-refractivity contribution < 1.29 is 9.50 Å². The van der Waals surface area contributed by atoms with E-state index in [0.717, 1.165) is 0 Å². The Morgan fingerprint density at radius 1 is 1.62 bits per heavy atom. The van der Waals surface area contributed by atoms with E-state index in [-0.39, 0.29) is 17.0 Å². The van der Waals surface area contributed by atoms with E-state index in [1.54, 1.807) is 13.0 Å². The van der Waals surface area contributed by atoms with Crippen LogP contribution in [0.15, 0.2) is 16.6 Å². The summed E-state index contributed by atoms with van der Waals surface area (Å²) in [5.74, 6) is -0.497. The van der Waals surface area contributed by atoms with Crippen LogP contribution < -0.4 is 0 Å². The number of aliphatic hydroxyl groups excluding tert-OH is 1. The Morgan fingerprint density at radius 3 is 2.69 bits per heavy atom. The third kappa shape index (κ3) is 2.42. The fourth-order valence-corrected chi connectivity index (χ4v) is 1.41. The molecular weight excluding hydrogens is 258 g/mol. The van der Waals surface area contributed by atoms with Gasteiger partial charge in [-0.25, -0.2) is 4.39 Å². The lowest BCUT2D eigenvalue weighted by Crippen LogP contribution is -1.99. The van der Waals surface area contributed by atoms with Crippen molar-refractivity contribution in [2.24, 2.45) is 0 Å². The molecule has 1 atom stereocenters. The summed E-state index contributed by atoms with van der Waals surface area (Å²) in [7, 11) is 0. The standard InChI is InChI=1S/C9H9BrClFO/c1-5(4-13)6-2-7(11)9(10)8(12)3-6/h2-3,5,13H,4H2,1H3. The van der Waals surface area contributed by atoms with Crippen LogP contribution in [-0.2, 0) is 0 Å². The van der Waals surface area contributed by atoms with Crippen molar-refractivity contribution in [2.45, 2.75) is 12.8 Å². The second kappa shape index (κ2) is 4.40. The van der Waals surface area contributed by atoms with E-state index in [2.05, 4.69) is 15.9 Å². The van der Waals surface area contributed by atoms with E-state index in [4.69, 9.17) is 16.7 Å². The third-order valence-electron chi connectivity index (χ3n) is 1.85. The predicted molar refractivity (Wildman–Crippen MR) is 54.6 cm³/mol. The summed E-state index contributed by atoms with van der Waals surface area (Å²) in [6.07, 6.45) is 0. The highest BCUT2D eigenvalue weighted by Gasteiger charge is 2.10. The molecule has 1 aromatic carbocycles. The van der Waals surface area contributed by atoms with Crippen molar-refractivity contribution in [2.75, 3.05) is 6.61 Å². The fourth-order valence-electron chi connectivity index (χ4n) is 0.965. The molecule has 0 heterocycles. The van der Waals surface area contributed by atoms with Gasteiger partial charge in [0.15, 0.2) is 0 Å². The first-order valence-corrected chi connectivity index (χ1v) is 4.98. The zero-order chi connectivity index (χ0) is 10.0. The van der Waals surface area contributed by atoms with Crippen LogP contribution in [0.3, 0.4) is 0 Å². The smallest absolute Gasteiger partial charge is 0.139 e. The van der Waals surface area contributed by atoms with Gasteiger partial charge in [-0.2, -0.15) is 0 Å². The number of hydrogen-bond acceptors (Lipinski definition) is 1. The summed E-state index contributed by atoms with van der Waals surface area (Å²) < 4.78 is 13.4. The van der Waals surface area contributed by atoms with Gasteiger partial charge in [0.05, 0.1) is 9.50 Å². The molecule has 0 fully saturated rings. The average molecular weight is 268 g/mol. The van der Waals surface area contributed by atoms with E-state index in [1.807, 2.05) is 0 Å². The molecule has 0 aliphatic heterocycles. The highest BCUT2D eigenvalue weighted by Crippen LogP contribution is 2.29. The van der Waals surface area contributed by atoms with E-state index in [0.29, 0.717) is 10.6 Å². The van der Waals surface area contributed by atoms with Crippen molar-refractivity contribution in [1.29, 1.82) is 0 Å². The summed E-state index contributed by atoms with van der Waals surface area (Å²) >= 11 is 8.77. The van der Waals surface area contributed by atoms with Gasteiger partial charge < -0.3 is 5.11 Å². The molecule has 0 bridgehead atoms. The first-order valence-electron chi connectivity index (χ1n) is 3.81. The van der Waals surface area contributed by atoms with Gasteiger partial charge >= 0.3 is 0 Å². The molecule has 0 radical (unpaired) electrons. The highest BCUT2D eigenvalue weighted by molar-refractivity contribution is 9.10. The van der Waals surface area contributed by atoms with Crippen LogP contribution >= 0.6 is 27.5 Å². The van der Waals surface area contributed by atoms with Crippen molar-refractivity contribution in [3.8, 4) is 0 Å². The second-order valence-corrected chi connectivity index (χ2v) is 4.08.